The molecule has 3 aromatic rings. The average molecular weight is 550 g/mol. The van der Waals surface area contributed by atoms with Gasteiger partial charge in [0.05, 0.1) is 37.0 Å². The first kappa shape index (κ1) is 27.8. The fraction of sp³-hybridized carbons (Fsp3) is 0.292. The summed E-state index contributed by atoms with van der Waals surface area (Å²) in [5.41, 5.74) is 2.17. The van der Waals surface area contributed by atoms with E-state index in [1.807, 2.05) is 13.0 Å². The molecule has 0 radical (unpaired) electrons. The lowest BCUT2D eigenvalue weighted by atomic mass is 10.2. The number of carbonyl (C=O) groups is 1. The van der Waals surface area contributed by atoms with E-state index in [9.17, 15) is 13.2 Å². The van der Waals surface area contributed by atoms with E-state index in [0.717, 1.165) is 11.8 Å². The topological polar surface area (TPSA) is 141 Å². The molecule has 0 aliphatic rings. The van der Waals surface area contributed by atoms with Crippen molar-refractivity contribution in [2.75, 3.05) is 35.3 Å². The average Bonchev–Trinajstić information content (AvgIpc) is 2.81. The lowest BCUT2D eigenvalue weighted by molar-refractivity contribution is -0.149. The molecule has 0 unspecified atom stereocenters. The number of nitrogens with zero attached hydrogens (tertiary/aromatic N) is 2. The van der Waals surface area contributed by atoms with Crippen LogP contribution in [0.5, 0.6) is 11.5 Å². The van der Waals surface area contributed by atoms with Crippen molar-refractivity contribution in [3.8, 4) is 11.5 Å². The molecule has 0 saturated carbocycles. The summed E-state index contributed by atoms with van der Waals surface area (Å²) in [6, 6.07) is 10.1. The number of aryl methyl sites for hydroxylation is 1. The highest BCUT2D eigenvalue weighted by Gasteiger charge is 2.14. The predicted molar refractivity (Wildman–Crippen MR) is 143 cm³/mol. The van der Waals surface area contributed by atoms with Crippen molar-refractivity contribution < 1.29 is 27.4 Å². The summed E-state index contributed by atoms with van der Waals surface area (Å²) in [4.78, 5) is 20.4. The van der Waals surface area contributed by atoms with Gasteiger partial charge in [0.25, 0.3) is 0 Å². The summed E-state index contributed by atoms with van der Waals surface area (Å²) in [5.74, 6) is 0.906. The van der Waals surface area contributed by atoms with E-state index >= 15 is 0 Å². The minimum absolute atomic E-state index is 0.212. The van der Waals surface area contributed by atoms with Gasteiger partial charge in [0.2, 0.25) is 16.0 Å². The third-order valence-electron chi connectivity index (χ3n) is 4.70. The highest BCUT2D eigenvalue weighted by Crippen LogP contribution is 2.33. The number of halogens is 1. The number of hydrogen-bond donors (Lipinski definition) is 3. The third-order valence-corrected chi connectivity index (χ3v) is 5.57. The number of nitrogens with one attached hydrogen (secondary N) is 3. The lowest BCUT2D eigenvalue weighted by Crippen LogP contribution is -2.18. The number of aromatic nitrogens is 2. The van der Waals surface area contributed by atoms with Gasteiger partial charge in [0.15, 0.2) is 12.4 Å². The van der Waals surface area contributed by atoms with Gasteiger partial charge in [-0.25, -0.2) is 18.2 Å². The quantitative estimate of drug-likeness (QED) is 0.290. The minimum atomic E-state index is -3.57. The maximum atomic E-state index is 11.8. The molecule has 0 saturated heterocycles. The van der Waals surface area contributed by atoms with Crippen LogP contribution in [0.15, 0.2) is 42.6 Å². The molecule has 3 N–H and O–H groups in total. The van der Waals surface area contributed by atoms with Crippen LogP contribution in [0.4, 0.5) is 28.8 Å². The van der Waals surface area contributed by atoms with Crippen molar-refractivity contribution in [1.29, 1.82) is 0 Å². The van der Waals surface area contributed by atoms with Crippen LogP contribution >= 0.6 is 11.6 Å². The van der Waals surface area contributed by atoms with Crippen molar-refractivity contribution in [1.82, 2.24) is 9.97 Å². The van der Waals surface area contributed by atoms with Crippen LogP contribution in [0.25, 0.3) is 0 Å². The molecule has 198 valence electrons. The Balaban J connectivity index is 1.82. The van der Waals surface area contributed by atoms with E-state index in [-0.39, 0.29) is 35.2 Å². The van der Waals surface area contributed by atoms with Crippen LogP contribution in [-0.2, 0) is 19.6 Å². The van der Waals surface area contributed by atoms with Gasteiger partial charge in [0.1, 0.15) is 16.5 Å². The molecule has 2 aromatic carbocycles. The summed E-state index contributed by atoms with van der Waals surface area (Å²) in [7, 11) is -2.09. The van der Waals surface area contributed by atoms with Crippen LogP contribution in [0, 0.1) is 6.92 Å². The molecule has 3 rings (SSSR count). The number of anilines is 5. The largest absolute Gasteiger partial charge is 0.497 e. The number of carbonyl (C=O) groups excluding carboxylic acids is 1. The first-order valence-corrected chi connectivity index (χ1v) is 13.4. The molecule has 1 aromatic heterocycles. The van der Waals surface area contributed by atoms with E-state index in [1.165, 1.54) is 19.4 Å². The molecule has 0 fully saturated rings. The number of esters is 1. The zero-order valence-corrected chi connectivity index (χ0v) is 22.5. The minimum Gasteiger partial charge on any atom is -0.497 e. The predicted octanol–water partition coefficient (Wildman–Crippen LogP) is 4.64. The van der Waals surface area contributed by atoms with E-state index in [2.05, 4.69) is 25.3 Å². The first-order chi connectivity index (χ1) is 17.4. The zero-order valence-electron chi connectivity index (χ0n) is 21.0. The Kier molecular flexibility index (Phi) is 9.00. The fourth-order valence-corrected chi connectivity index (χ4v) is 3.78. The Morgan fingerprint density at radius 3 is 2.43 bits per heavy atom. The first-order valence-electron chi connectivity index (χ1n) is 11.1. The van der Waals surface area contributed by atoms with Gasteiger partial charge >= 0.3 is 5.97 Å². The Morgan fingerprint density at radius 1 is 1.05 bits per heavy atom. The van der Waals surface area contributed by atoms with Crippen molar-refractivity contribution in [2.45, 2.75) is 26.9 Å². The van der Waals surface area contributed by atoms with E-state index in [0.29, 0.717) is 22.9 Å². The van der Waals surface area contributed by atoms with Gasteiger partial charge in [-0.05, 0) is 44.5 Å². The van der Waals surface area contributed by atoms with Crippen molar-refractivity contribution in [3.63, 3.8) is 0 Å². The van der Waals surface area contributed by atoms with E-state index in [4.69, 9.17) is 25.8 Å². The summed E-state index contributed by atoms with van der Waals surface area (Å²) >= 11 is 6.31. The maximum Gasteiger partial charge on any atom is 0.344 e. The van der Waals surface area contributed by atoms with E-state index < -0.39 is 16.0 Å². The standard InChI is InChI=1S/C24H28ClN5O6S/c1-14(2)36-22(31)13-35-17-7-6-15(3)20(11-17)28-24-26-12-18(25)23(29-24)27-19-9-8-16(34-4)10-21(19)30-37(5,32)33/h6-12,14,30H,13H2,1-5H3,(H2,26,27,28,29). The summed E-state index contributed by atoms with van der Waals surface area (Å²) in [6.07, 6.45) is 2.22. The van der Waals surface area contributed by atoms with Gasteiger partial charge < -0.3 is 24.8 Å². The molecule has 0 aliphatic heterocycles. The molecule has 0 amide bonds. The molecule has 1 heterocycles. The number of sulfonamides is 1. The van der Waals surface area contributed by atoms with Crippen LogP contribution in [0.3, 0.4) is 0 Å². The second-order valence-electron chi connectivity index (χ2n) is 8.23. The van der Waals surface area contributed by atoms with Crippen molar-refractivity contribution >= 4 is 56.4 Å². The van der Waals surface area contributed by atoms with Crippen LogP contribution in [0.1, 0.15) is 19.4 Å². The molecular formula is C24H28ClN5O6S. The lowest BCUT2D eigenvalue weighted by Gasteiger charge is -2.16. The number of ether oxygens (including phenoxy) is 3. The fourth-order valence-electron chi connectivity index (χ4n) is 3.07. The molecule has 0 spiro atoms. The van der Waals surface area contributed by atoms with Gasteiger partial charge in [-0.2, -0.15) is 4.98 Å². The normalized spacial score (nSPS) is 11.1. The highest BCUT2D eigenvalue weighted by molar-refractivity contribution is 7.92. The van der Waals surface area contributed by atoms with Crippen LogP contribution < -0.4 is 24.8 Å². The van der Waals surface area contributed by atoms with Gasteiger partial charge in [-0.15, -0.1) is 0 Å². The Hall–Kier alpha value is -3.77. The number of rotatable bonds is 11. The Bertz CT molecular complexity index is 1380. The molecule has 0 atom stereocenters. The molecule has 37 heavy (non-hydrogen) atoms. The third kappa shape index (κ3) is 8.40. The van der Waals surface area contributed by atoms with Gasteiger partial charge in [-0.1, -0.05) is 17.7 Å². The second kappa shape index (κ2) is 12.0. The second-order valence-corrected chi connectivity index (χ2v) is 10.4. The SMILES string of the molecule is COc1ccc(Nc2nc(Nc3cc(OCC(=O)OC(C)C)ccc3C)ncc2Cl)c(NS(C)(=O)=O)c1. The van der Waals surface area contributed by atoms with Crippen molar-refractivity contribution in [3.05, 3.63) is 53.2 Å². The van der Waals surface area contributed by atoms with E-state index in [1.54, 1.807) is 38.1 Å². The molecule has 0 aliphatic carbocycles. The molecule has 13 heteroatoms. The number of benzene rings is 2. The molecular weight excluding hydrogens is 522 g/mol. The van der Waals surface area contributed by atoms with Crippen molar-refractivity contribution in [2.24, 2.45) is 0 Å². The Labute approximate surface area is 220 Å². The summed E-state index contributed by atoms with van der Waals surface area (Å²) in [5, 5.41) is 6.35. The zero-order chi connectivity index (χ0) is 27.2. The summed E-state index contributed by atoms with van der Waals surface area (Å²) in [6.45, 7) is 5.18. The number of methoxy groups -OCH3 is 1. The van der Waals surface area contributed by atoms with Gasteiger partial charge in [-0.3, -0.25) is 4.72 Å². The van der Waals surface area contributed by atoms with Gasteiger partial charge in [0, 0.05) is 17.8 Å². The number of hydrogen-bond acceptors (Lipinski definition) is 10. The molecule has 11 nitrogen and oxygen atoms in total. The highest BCUT2D eigenvalue weighted by atomic mass is 35.5. The van der Waals surface area contributed by atoms with Crippen LogP contribution in [-0.4, -0.2) is 50.4 Å². The summed E-state index contributed by atoms with van der Waals surface area (Å²) < 4.78 is 41.9. The monoisotopic (exact) mass is 549 g/mol. The maximum absolute atomic E-state index is 11.8. The molecule has 0 bridgehead atoms. The smallest absolute Gasteiger partial charge is 0.344 e. The van der Waals surface area contributed by atoms with Crippen LogP contribution in [0.2, 0.25) is 5.02 Å². The Morgan fingerprint density at radius 2 is 1.76 bits per heavy atom.